The van der Waals surface area contributed by atoms with Gasteiger partial charge in [-0.1, -0.05) is 0 Å². The first-order valence-electron chi connectivity index (χ1n) is 6.10. The van der Waals surface area contributed by atoms with Crippen LogP contribution in [-0.4, -0.2) is 66.3 Å². The summed E-state index contributed by atoms with van der Waals surface area (Å²) in [6.07, 6.45) is -4.46. The Hall–Kier alpha value is -0.370. The van der Waals surface area contributed by atoms with E-state index < -0.39 is 25.3 Å². The fourth-order valence-corrected chi connectivity index (χ4v) is 1.97. The number of ether oxygens (including phenoxy) is 1. The van der Waals surface area contributed by atoms with Crippen LogP contribution in [0.15, 0.2) is 0 Å². The van der Waals surface area contributed by atoms with Crippen LogP contribution in [0.25, 0.3) is 0 Å². The van der Waals surface area contributed by atoms with Crippen LogP contribution >= 0.6 is 0 Å². The van der Waals surface area contributed by atoms with Gasteiger partial charge in [0.1, 0.15) is 0 Å². The molecule has 0 spiro atoms. The number of hydrogen-bond donors (Lipinski definition) is 2. The molecule has 1 saturated heterocycles. The minimum Gasteiger partial charge on any atom is -0.394 e. The lowest BCUT2D eigenvalue weighted by molar-refractivity contribution is -0.139. The lowest BCUT2D eigenvalue weighted by atomic mass is 10.2. The van der Waals surface area contributed by atoms with Crippen molar-refractivity contribution in [2.75, 3.05) is 32.8 Å². The SMILES string of the molecule is OC[C@@H](O)CN(CCC(F)(F)F)CC1CCCO1. The van der Waals surface area contributed by atoms with Gasteiger partial charge in [0.15, 0.2) is 0 Å². The van der Waals surface area contributed by atoms with Crippen molar-refractivity contribution in [3.05, 3.63) is 0 Å². The maximum Gasteiger partial charge on any atom is 0.390 e. The first-order chi connectivity index (χ1) is 8.40. The largest absolute Gasteiger partial charge is 0.394 e. The van der Waals surface area contributed by atoms with Gasteiger partial charge in [-0.25, -0.2) is 0 Å². The molecule has 18 heavy (non-hydrogen) atoms. The van der Waals surface area contributed by atoms with Gasteiger partial charge >= 0.3 is 6.18 Å². The summed E-state index contributed by atoms with van der Waals surface area (Å²) in [5.41, 5.74) is 0. The molecule has 0 aliphatic carbocycles. The van der Waals surface area contributed by atoms with Gasteiger partial charge in [-0.15, -0.1) is 0 Å². The highest BCUT2D eigenvalue weighted by Gasteiger charge is 2.29. The van der Waals surface area contributed by atoms with Crippen molar-refractivity contribution in [1.82, 2.24) is 4.90 Å². The van der Waals surface area contributed by atoms with Crippen molar-refractivity contribution >= 4 is 0 Å². The second-order valence-electron chi connectivity index (χ2n) is 4.60. The standard InChI is InChI=1S/C11H20F3NO3/c12-11(13,14)3-4-15(6-9(17)8-16)7-10-2-1-5-18-10/h9-10,16-17H,1-8H2/t9-,10?/m0/s1. The highest BCUT2D eigenvalue weighted by atomic mass is 19.4. The predicted molar refractivity (Wildman–Crippen MR) is 59.2 cm³/mol. The van der Waals surface area contributed by atoms with Crippen LogP contribution in [0.2, 0.25) is 0 Å². The van der Waals surface area contributed by atoms with Gasteiger partial charge in [0.2, 0.25) is 0 Å². The Morgan fingerprint density at radius 2 is 2.11 bits per heavy atom. The summed E-state index contributed by atoms with van der Waals surface area (Å²) < 4.78 is 41.9. The van der Waals surface area contributed by atoms with Gasteiger partial charge in [-0.05, 0) is 12.8 Å². The third-order valence-electron chi connectivity index (χ3n) is 2.88. The van der Waals surface area contributed by atoms with Gasteiger partial charge in [0.25, 0.3) is 0 Å². The second-order valence-corrected chi connectivity index (χ2v) is 4.60. The van der Waals surface area contributed by atoms with Gasteiger partial charge < -0.3 is 14.9 Å². The molecule has 0 aromatic heterocycles. The zero-order valence-electron chi connectivity index (χ0n) is 10.2. The van der Waals surface area contributed by atoms with Crippen molar-refractivity contribution in [2.24, 2.45) is 0 Å². The van der Waals surface area contributed by atoms with E-state index in [1.54, 1.807) is 0 Å². The predicted octanol–water partition coefficient (Wildman–Crippen LogP) is 0.773. The molecule has 1 aliphatic heterocycles. The number of rotatable bonds is 7. The van der Waals surface area contributed by atoms with E-state index in [9.17, 15) is 18.3 Å². The zero-order valence-corrected chi connectivity index (χ0v) is 10.2. The number of alkyl halides is 3. The summed E-state index contributed by atoms with van der Waals surface area (Å²) in [4.78, 5) is 1.50. The van der Waals surface area contributed by atoms with Crippen molar-refractivity contribution in [1.29, 1.82) is 0 Å². The van der Waals surface area contributed by atoms with E-state index in [4.69, 9.17) is 9.84 Å². The normalized spacial score (nSPS) is 22.7. The third kappa shape index (κ3) is 6.53. The Bertz CT molecular complexity index is 232. The molecule has 0 aromatic rings. The molecule has 1 fully saturated rings. The zero-order chi connectivity index (χ0) is 13.6. The molecular weight excluding hydrogens is 251 g/mol. The average molecular weight is 271 g/mol. The maximum absolute atomic E-state index is 12.2. The van der Waals surface area contributed by atoms with Gasteiger partial charge in [-0.2, -0.15) is 13.2 Å². The van der Waals surface area contributed by atoms with Crippen LogP contribution in [0, 0.1) is 0 Å². The molecular formula is C11H20F3NO3. The summed E-state index contributed by atoms with van der Waals surface area (Å²) in [7, 11) is 0. The van der Waals surface area contributed by atoms with E-state index in [1.165, 1.54) is 4.90 Å². The molecule has 1 heterocycles. The summed E-state index contributed by atoms with van der Waals surface area (Å²) >= 11 is 0. The molecule has 4 nitrogen and oxygen atoms in total. The van der Waals surface area contributed by atoms with Crippen molar-refractivity contribution in [2.45, 2.75) is 37.6 Å². The molecule has 1 unspecified atom stereocenters. The number of nitrogens with zero attached hydrogens (tertiary/aromatic N) is 1. The lowest BCUT2D eigenvalue weighted by Crippen LogP contribution is -2.40. The van der Waals surface area contributed by atoms with Crippen LogP contribution in [0.1, 0.15) is 19.3 Å². The fourth-order valence-electron chi connectivity index (χ4n) is 1.97. The molecule has 0 bridgehead atoms. The Labute approximate surface area is 104 Å². The quantitative estimate of drug-likeness (QED) is 0.718. The lowest BCUT2D eigenvalue weighted by Gasteiger charge is -2.27. The maximum atomic E-state index is 12.2. The van der Waals surface area contributed by atoms with Crippen LogP contribution in [-0.2, 0) is 4.74 Å². The third-order valence-corrected chi connectivity index (χ3v) is 2.88. The fraction of sp³-hybridized carbons (Fsp3) is 1.00. The monoisotopic (exact) mass is 271 g/mol. The van der Waals surface area contributed by atoms with E-state index in [-0.39, 0.29) is 19.2 Å². The Balaban J connectivity index is 2.40. The van der Waals surface area contributed by atoms with Gasteiger partial charge in [0.05, 0.1) is 25.2 Å². The molecule has 108 valence electrons. The van der Waals surface area contributed by atoms with E-state index in [2.05, 4.69) is 0 Å². The number of hydrogen-bond acceptors (Lipinski definition) is 4. The molecule has 7 heteroatoms. The Morgan fingerprint density at radius 3 is 2.61 bits per heavy atom. The smallest absolute Gasteiger partial charge is 0.390 e. The van der Waals surface area contributed by atoms with Gasteiger partial charge in [-0.3, -0.25) is 4.90 Å². The highest BCUT2D eigenvalue weighted by Crippen LogP contribution is 2.21. The summed E-state index contributed by atoms with van der Waals surface area (Å²) in [5, 5.41) is 18.1. The average Bonchev–Trinajstić information content (AvgIpc) is 2.77. The van der Waals surface area contributed by atoms with E-state index >= 15 is 0 Å². The van der Waals surface area contributed by atoms with Crippen molar-refractivity contribution in [3.63, 3.8) is 0 Å². The van der Waals surface area contributed by atoms with Crippen molar-refractivity contribution in [3.8, 4) is 0 Å². The molecule has 0 aromatic carbocycles. The topological polar surface area (TPSA) is 52.9 Å². The first kappa shape index (κ1) is 15.7. The number of halogens is 3. The first-order valence-corrected chi connectivity index (χ1v) is 6.10. The van der Waals surface area contributed by atoms with Crippen LogP contribution in [0.4, 0.5) is 13.2 Å². The minimum atomic E-state index is -4.21. The second kappa shape index (κ2) is 7.28. The molecule has 1 aliphatic rings. The number of aliphatic hydroxyl groups is 2. The summed E-state index contributed by atoms with van der Waals surface area (Å²) in [6, 6.07) is 0. The van der Waals surface area contributed by atoms with Crippen LogP contribution in [0.3, 0.4) is 0 Å². The van der Waals surface area contributed by atoms with Crippen LogP contribution in [0.5, 0.6) is 0 Å². The molecule has 0 saturated carbocycles. The molecule has 0 radical (unpaired) electrons. The molecule has 0 amide bonds. The van der Waals surface area contributed by atoms with E-state index in [0.717, 1.165) is 12.8 Å². The van der Waals surface area contributed by atoms with E-state index in [0.29, 0.717) is 13.2 Å². The summed E-state index contributed by atoms with van der Waals surface area (Å²) in [6.45, 7) is 0.411. The van der Waals surface area contributed by atoms with E-state index in [1.807, 2.05) is 0 Å². The Kier molecular flexibility index (Phi) is 6.34. The highest BCUT2D eigenvalue weighted by molar-refractivity contribution is 4.73. The number of aliphatic hydroxyl groups excluding tert-OH is 2. The van der Waals surface area contributed by atoms with Crippen molar-refractivity contribution < 1.29 is 28.1 Å². The van der Waals surface area contributed by atoms with Gasteiger partial charge in [0, 0.05) is 26.2 Å². The summed E-state index contributed by atoms with van der Waals surface area (Å²) in [5.74, 6) is 0. The Morgan fingerprint density at radius 1 is 1.39 bits per heavy atom. The molecule has 2 atom stereocenters. The molecule has 1 rings (SSSR count). The van der Waals surface area contributed by atoms with Crippen LogP contribution < -0.4 is 0 Å². The molecule has 2 N–H and O–H groups in total. The minimum absolute atomic E-state index is 0.0342.